The number of hydrogen-bond donors (Lipinski definition) is 1. The van der Waals surface area contributed by atoms with Gasteiger partial charge in [-0.2, -0.15) is 0 Å². The van der Waals surface area contributed by atoms with Crippen molar-refractivity contribution in [1.82, 2.24) is 4.90 Å². The Kier molecular flexibility index (Phi) is 6.61. The number of methoxy groups -OCH3 is 2. The number of nitrogens with one attached hydrogen (secondary N) is 1. The van der Waals surface area contributed by atoms with Crippen LogP contribution in [-0.4, -0.2) is 38.6 Å². The fourth-order valence-electron chi connectivity index (χ4n) is 2.37. The molecule has 2 aromatic rings. The van der Waals surface area contributed by atoms with E-state index in [4.69, 9.17) is 21.1 Å². The van der Waals surface area contributed by atoms with Gasteiger partial charge in [-0.3, -0.25) is 9.69 Å². The van der Waals surface area contributed by atoms with E-state index in [1.54, 1.807) is 26.2 Å². The van der Waals surface area contributed by atoms with E-state index in [1.165, 1.54) is 18.2 Å². The molecule has 0 spiro atoms. The lowest BCUT2D eigenvalue weighted by molar-refractivity contribution is -0.117. The Hall–Kier alpha value is -2.31. The largest absolute Gasteiger partial charge is 0.493 e. The summed E-state index contributed by atoms with van der Waals surface area (Å²) in [5.74, 6) is 0.409. The summed E-state index contributed by atoms with van der Waals surface area (Å²) in [6.45, 7) is 0.617. The van der Waals surface area contributed by atoms with Crippen molar-refractivity contribution >= 4 is 23.2 Å². The van der Waals surface area contributed by atoms with E-state index >= 15 is 0 Å². The van der Waals surface area contributed by atoms with Crippen molar-refractivity contribution in [3.05, 3.63) is 52.8 Å². The molecule has 2 aromatic carbocycles. The number of amides is 1. The van der Waals surface area contributed by atoms with Gasteiger partial charge < -0.3 is 14.8 Å². The highest BCUT2D eigenvalue weighted by atomic mass is 35.5. The van der Waals surface area contributed by atoms with Gasteiger partial charge >= 0.3 is 0 Å². The summed E-state index contributed by atoms with van der Waals surface area (Å²) in [4.78, 5) is 13.9. The minimum Gasteiger partial charge on any atom is -0.493 e. The molecule has 0 atom stereocenters. The topological polar surface area (TPSA) is 50.8 Å². The average molecular weight is 367 g/mol. The van der Waals surface area contributed by atoms with E-state index in [-0.39, 0.29) is 18.1 Å². The third kappa shape index (κ3) is 5.34. The summed E-state index contributed by atoms with van der Waals surface area (Å²) in [5.41, 5.74) is 1.03. The zero-order valence-electron chi connectivity index (χ0n) is 14.3. The zero-order valence-corrected chi connectivity index (χ0v) is 15.1. The van der Waals surface area contributed by atoms with E-state index in [0.29, 0.717) is 23.1 Å². The Morgan fingerprint density at radius 3 is 2.56 bits per heavy atom. The zero-order chi connectivity index (χ0) is 18.4. The second-order valence-corrected chi connectivity index (χ2v) is 5.97. The maximum Gasteiger partial charge on any atom is 0.238 e. The standard InChI is InChI=1S/C18H20ClFN2O3/c1-22(10-12-4-7-16(24-2)17(8-12)25-3)11-18(23)21-15-9-13(19)5-6-14(15)20/h4-9H,10-11H2,1-3H3,(H,21,23). The lowest BCUT2D eigenvalue weighted by Crippen LogP contribution is -2.30. The van der Waals surface area contributed by atoms with Gasteiger partial charge in [0.15, 0.2) is 11.5 Å². The van der Waals surface area contributed by atoms with E-state index in [9.17, 15) is 9.18 Å². The van der Waals surface area contributed by atoms with Crippen LogP contribution in [0.5, 0.6) is 11.5 Å². The summed E-state index contributed by atoms with van der Waals surface area (Å²) in [5, 5.41) is 2.88. The first-order valence-electron chi connectivity index (χ1n) is 7.57. The van der Waals surface area contributed by atoms with E-state index in [2.05, 4.69) is 5.32 Å². The van der Waals surface area contributed by atoms with E-state index < -0.39 is 5.82 Å². The normalized spacial score (nSPS) is 10.6. The SMILES string of the molecule is COc1ccc(CN(C)CC(=O)Nc2cc(Cl)ccc2F)cc1OC. The van der Waals surface area contributed by atoms with Crippen molar-refractivity contribution in [3.63, 3.8) is 0 Å². The minimum absolute atomic E-state index is 0.0667. The predicted octanol–water partition coefficient (Wildman–Crippen LogP) is 3.57. The highest BCUT2D eigenvalue weighted by Crippen LogP contribution is 2.28. The van der Waals surface area contributed by atoms with Crippen LogP contribution < -0.4 is 14.8 Å². The number of rotatable bonds is 7. The Bertz CT molecular complexity index is 755. The number of nitrogens with zero attached hydrogens (tertiary/aromatic N) is 1. The van der Waals surface area contributed by atoms with Crippen LogP contribution in [0.2, 0.25) is 5.02 Å². The molecule has 2 rings (SSSR count). The summed E-state index contributed by atoms with van der Waals surface area (Å²) in [6, 6.07) is 9.57. The minimum atomic E-state index is -0.528. The number of benzene rings is 2. The number of carbonyl (C=O) groups excluding carboxylic acids is 1. The highest BCUT2D eigenvalue weighted by Gasteiger charge is 2.12. The molecule has 0 bridgehead atoms. The number of ether oxygens (including phenoxy) is 2. The number of anilines is 1. The summed E-state index contributed by atoms with van der Waals surface area (Å²) in [6.07, 6.45) is 0. The van der Waals surface area contributed by atoms with Crippen LogP contribution in [0.25, 0.3) is 0 Å². The Balaban J connectivity index is 1.96. The van der Waals surface area contributed by atoms with Crippen LogP contribution in [0.4, 0.5) is 10.1 Å². The monoisotopic (exact) mass is 366 g/mol. The molecule has 5 nitrogen and oxygen atoms in total. The van der Waals surface area contributed by atoms with Crippen molar-refractivity contribution in [1.29, 1.82) is 0 Å². The molecular formula is C18H20ClFN2O3. The smallest absolute Gasteiger partial charge is 0.238 e. The molecule has 0 aliphatic heterocycles. The number of likely N-dealkylation sites (N-methyl/N-ethyl adjacent to an activating group) is 1. The Morgan fingerprint density at radius 2 is 1.88 bits per heavy atom. The second kappa shape index (κ2) is 8.69. The van der Waals surface area contributed by atoms with Gasteiger partial charge in [-0.05, 0) is 42.9 Å². The van der Waals surface area contributed by atoms with Crippen LogP contribution in [0.3, 0.4) is 0 Å². The molecular weight excluding hydrogens is 347 g/mol. The van der Waals surface area contributed by atoms with Crippen LogP contribution in [0.15, 0.2) is 36.4 Å². The molecule has 7 heteroatoms. The van der Waals surface area contributed by atoms with Crippen LogP contribution in [-0.2, 0) is 11.3 Å². The number of halogens is 2. The Labute approximate surface area is 151 Å². The fourth-order valence-corrected chi connectivity index (χ4v) is 2.55. The van der Waals surface area contributed by atoms with E-state index in [0.717, 1.165) is 5.56 Å². The maximum atomic E-state index is 13.7. The molecule has 0 saturated carbocycles. The quantitative estimate of drug-likeness (QED) is 0.814. The van der Waals surface area contributed by atoms with Gasteiger partial charge in [-0.25, -0.2) is 4.39 Å². The van der Waals surface area contributed by atoms with Gasteiger partial charge in [-0.1, -0.05) is 17.7 Å². The first-order valence-corrected chi connectivity index (χ1v) is 7.95. The molecule has 0 unspecified atom stereocenters. The third-order valence-electron chi connectivity index (χ3n) is 3.52. The molecule has 1 amide bonds. The van der Waals surface area contributed by atoms with Crippen molar-refractivity contribution in [3.8, 4) is 11.5 Å². The third-order valence-corrected chi connectivity index (χ3v) is 3.75. The lowest BCUT2D eigenvalue weighted by Gasteiger charge is -2.17. The fraction of sp³-hybridized carbons (Fsp3) is 0.278. The first kappa shape index (κ1) is 19.0. The van der Waals surface area contributed by atoms with Crippen molar-refractivity contribution in [2.45, 2.75) is 6.54 Å². The molecule has 0 saturated heterocycles. The van der Waals surface area contributed by atoms with Crippen LogP contribution in [0.1, 0.15) is 5.56 Å². The van der Waals surface area contributed by atoms with E-state index in [1.807, 2.05) is 18.2 Å². The summed E-state index contributed by atoms with van der Waals surface area (Å²) in [7, 11) is 4.94. The van der Waals surface area contributed by atoms with Gasteiger partial charge in [0, 0.05) is 11.6 Å². The van der Waals surface area contributed by atoms with Crippen molar-refractivity contribution < 1.29 is 18.7 Å². The van der Waals surface area contributed by atoms with Crippen LogP contribution in [0, 0.1) is 5.82 Å². The second-order valence-electron chi connectivity index (χ2n) is 5.53. The number of carbonyl (C=O) groups is 1. The van der Waals surface area contributed by atoms with Gasteiger partial charge in [0.2, 0.25) is 5.91 Å². The van der Waals surface area contributed by atoms with Gasteiger partial charge in [-0.15, -0.1) is 0 Å². The van der Waals surface area contributed by atoms with Crippen molar-refractivity contribution in [2.75, 3.05) is 33.1 Å². The molecule has 0 aromatic heterocycles. The molecule has 134 valence electrons. The molecule has 0 aliphatic rings. The number of hydrogen-bond acceptors (Lipinski definition) is 4. The predicted molar refractivity (Wildman–Crippen MR) is 95.9 cm³/mol. The Morgan fingerprint density at radius 1 is 1.16 bits per heavy atom. The van der Waals surface area contributed by atoms with Gasteiger partial charge in [0.25, 0.3) is 0 Å². The molecule has 25 heavy (non-hydrogen) atoms. The van der Waals surface area contributed by atoms with Gasteiger partial charge in [0.05, 0.1) is 26.5 Å². The first-order chi connectivity index (χ1) is 11.9. The molecule has 0 heterocycles. The average Bonchev–Trinajstić information content (AvgIpc) is 2.57. The molecule has 0 radical (unpaired) electrons. The summed E-state index contributed by atoms with van der Waals surface area (Å²) < 4.78 is 24.1. The van der Waals surface area contributed by atoms with Crippen molar-refractivity contribution in [2.24, 2.45) is 0 Å². The molecule has 1 N–H and O–H groups in total. The lowest BCUT2D eigenvalue weighted by atomic mass is 10.2. The maximum absolute atomic E-state index is 13.7. The van der Waals surface area contributed by atoms with Gasteiger partial charge in [0.1, 0.15) is 5.82 Å². The molecule has 0 fully saturated rings. The summed E-state index contributed by atoms with van der Waals surface area (Å²) >= 11 is 5.82. The highest BCUT2D eigenvalue weighted by molar-refractivity contribution is 6.30. The van der Waals surface area contributed by atoms with Crippen LogP contribution >= 0.6 is 11.6 Å². The molecule has 0 aliphatic carbocycles.